The Hall–Kier alpha value is -0.613. The molecule has 0 radical (unpaired) electrons. The van der Waals surface area contributed by atoms with Crippen molar-refractivity contribution >= 4 is 45.9 Å². The fraction of sp³-hybridized carbons (Fsp3) is 0.500. The lowest BCUT2D eigenvalue weighted by Gasteiger charge is -2.34. The molecular weight excluding hydrogens is 424 g/mol. The summed E-state index contributed by atoms with van der Waals surface area (Å²) in [7, 11) is -5.34. The molecule has 0 saturated carbocycles. The highest BCUT2D eigenvalue weighted by molar-refractivity contribution is 7.93. The maximum Gasteiger partial charge on any atom is 0.442 e. The van der Waals surface area contributed by atoms with Crippen molar-refractivity contribution < 1.29 is 12.8 Å². The van der Waals surface area contributed by atoms with E-state index in [0.29, 0.717) is 13.0 Å². The molecule has 3 atom stereocenters. The van der Waals surface area contributed by atoms with Crippen molar-refractivity contribution in [3.63, 3.8) is 0 Å². The molecule has 0 aliphatic carbocycles. The van der Waals surface area contributed by atoms with Crippen molar-refractivity contribution in [2.75, 3.05) is 19.1 Å². The molecule has 0 heterocycles. The van der Waals surface area contributed by atoms with Gasteiger partial charge in [0, 0.05) is 11.1 Å². The monoisotopic (exact) mass is 458 g/mol. The zero-order chi connectivity index (χ0) is 21.6. The normalized spacial score (nSPS) is 16.4. The second-order valence-corrected chi connectivity index (χ2v) is 20.7. The second kappa shape index (κ2) is 10.4. The average Bonchev–Trinajstić information content (AvgIpc) is 2.57. The molecule has 3 unspecified atom stereocenters. The van der Waals surface area contributed by atoms with Crippen LogP contribution in [0.5, 0.6) is 0 Å². The summed E-state index contributed by atoms with van der Waals surface area (Å²) in [5, 5.41) is -0.00550. The van der Waals surface area contributed by atoms with Gasteiger partial charge in [-0.15, -0.1) is 14.8 Å². The molecule has 4 nitrogen and oxygen atoms in total. The second-order valence-electron chi connectivity index (χ2n) is 8.08. The summed E-state index contributed by atoms with van der Waals surface area (Å²) < 4.78 is 35.0. The quantitative estimate of drug-likeness (QED) is 0.290. The van der Waals surface area contributed by atoms with E-state index in [4.69, 9.17) is 4.43 Å². The highest BCUT2D eigenvalue weighted by Crippen LogP contribution is 2.51. The van der Waals surface area contributed by atoms with Crippen LogP contribution in [-0.2, 0) is 14.4 Å². The van der Waals surface area contributed by atoms with Crippen molar-refractivity contribution in [2.24, 2.45) is 0 Å². The molecule has 0 aliphatic rings. The van der Waals surface area contributed by atoms with E-state index >= 15 is 0 Å². The number of hydrogen-bond acceptors (Lipinski definition) is 3. The van der Waals surface area contributed by atoms with E-state index in [9.17, 15) is 8.42 Å². The summed E-state index contributed by atoms with van der Waals surface area (Å²) in [6.07, 6.45) is 10.6. The van der Waals surface area contributed by atoms with Crippen LogP contribution in [0.2, 0.25) is 5.04 Å². The third-order valence-corrected chi connectivity index (χ3v) is 20.5. The van der Waals surface area contributed by atoms with Crippen LogP contribution in [0.25, 0.3) is 0 Å². The van der Waals surface area contributed by atoms with Crippen LogP contribution in [0, 0.1) is 6.92 Å². The van der Waals surface area contributed by atoms with Crippen molar-refractivity contribution in [3.8, 4) is 0 Å². The molecule has 0 saturated heterocycles. The first kappa shape index (κ1) is 25.4. The molecule has 0 fully saturated rings. The summed E-state index contributed by atoms with van der Waals surface area (Å²) in [6.45, 7) is 14.8. The van der Waals surface area contributed by atoms with E-state index in [1.165, 1.54) is 0 Å². The van der Waals surface area contributed by atoms with Gasteiger partial charge < -0.3 is 4.43 Å². The van der Waals surface area contributed by atoms with Crippen LogP contribution in [0.1, 0.15) is 32.8 Å². The molecule has 0 spiro atoms. The predicted octanol–water partition coefficient (Wildman–Crippen LogP) is 4.94. The van der Waals surface area contributed by atoms with E-state index < -0.39 is 25.1 Å². The van der Waals surface area contributed by atoms with E-state index in [1.54, 1.807) is 30.3 Å². The zero-order valence-electron chi connectivity index (χ0n) is 17.7. The van der Waals surface area contributed by atoms with Crippen molar-refractivity contribution in [1.82, 2.24) is 4.72 Å². The molecule has 1 aromatic rings. The van der Waals surface area contributed by atoms with Gasteiger partial charge in [0.2, 0.25) is 10.0 Å². The van der Waals surface area contributed by atoms with E-state index in [1.807, 2.05) is 6.92 Å². The molecule has 0 amide bonds. The van der Waals surface area contributed by atoms with Gasteiger partial charge in [-0.3, -0.25) is 0 Å². The van der Waals surface area contributed by atoms with Gasteiger partial charge in [-0.2, -0.15) is 0 Å². The van der Waals surface area contributed by atoms with Gasteiger partial charge in [-0.05, 0) is 25.5 Å². The summed E-state index contributed by atoms with van der Waals surface area (Å²) in [6, 6.07) is 6.48. The molecule has 1 rings (SSSR count). The van der Waals surface area contributed by atoms with E-state index in [2.05, 4.69) is 51.3 Å². The fourth-order valence-electron chi connectivity index (χ4n) is 3.05. The Bertz CT molecular complexity index is 804. The van der Waals surface area contributed by atoms with Gasteiger partial charge in [0.25, 0.3) is 0 Å². The highest BCUT2D eigenvalue weighted by Gasteiger charge is 2.58. The van der Waals surface area contributed by atoms with Crippen LogP contribution >= 0.6 is 15.3 Å². The minimum Gasteiger partial charge on any atom is -0.378 e. The molecule has 1 N–H and O–H groups in total. The van der Waals surface area contributed by atoms with Crippen LogP contribution < -0.4 is 4.72 Å². The minimum atomic E-state index is -3.62. The number of sulfonamides is 1. The Labute approximate surface area is 175 Å². The summed E-state index contributed by atoms with van der Waals surface area (Å²) in [4.78, 5) is 0.262. The van der Waals surface area contributed by atoms with Gasteiger partial charge >= 0.3 is 7.98 Å². The first-order valence-electron chi connectivity index (χ1n) is 9.20. The van der Waals surface area contributed by atoms with Crippen LogP contribution in [-0.4, -0.2) is 54.1 Å². The first-order valence-corrected chi connectivity index (χ1v) is 16.9. The molecule has 156 valence electrons. The van der Waals surface area contributed by atoms with Crippen molar-refractivity contribution in [3.05, 3.63) is 42.5 Å². The van der Waals surface area contributed by atoms with Gasteiger partial charge in [0.15, 0.2) is 0 Å². The van der Waals surface area contributed by atoms with Crippen LogP contribution in [0.3, 0.4) is 0 Å². The largest absolute Gasteiger partial charge is 0.442 e. The summed E-state index contributed by atoms with van der Waals surface area (Å²) in [5.41, 5.74) is 1.02. The number of benzene rings is 1. The maximum absolute atomic E-state index is 12.8. The van der Waals surface area contributed by atoms with Crippen molar-refractivity contribution in [2.45, 2.75) is 50.1 Å². The Morgan fingerprint density at radius 3 is 2.32 bits per heavy atom. The Morgan fingerprint density at radius 2 is 1.89 bits per heavy atom. The lowest BCUT2D eigenvalue weighted by Crippen LogP contribution is -2.50. The topological polar surface area (TPSA) is 55.4 Å². The molecular formula is C20H34NO3P2SSi+. The molecule has 0 bridgehead atoms. The van der Waals surface area contributed by atoms with Crippen molar-refractivity contribution in [1.29, 1.82) is 0 Å². The first-order chi connectivity index (χ1) is 12.9. The molecule has 8 heteroatoms. The van der Waals surface area contributed by atoms with Crippen LogP contribution in [0.4, 0.5) is 0 Å². The summed E-state index contributed by atoms with van der Waals surface area (Å²) in [5.74, 6) is 0.897. The Morgan fingerprint density at radius 1 is 1.32 bits per heavy atom. The van der Waals surface area contributed by atoms with Gasteiger partial charge in [-0.1, -0.05) is 50.8 Å². The standard InChI is InChI=1S/C20H34NO3P2SSi/c1-9-10-18(21-27(22,23)19-13-11-17(2)12-14-19)15-24-28(16-25-6,26(7)8)20(3,4)5/h9,11-14,18,21H,1,6-7,10,15-16H2,2-5,8H3/q+1. The van der Waals surface area contributed by atoms with Crippen LogP contribution in [0.15, 0.2) is 41.8 Å². The smallest absolute Gasteiger partial charge is 0.378 e. The van der Waals surface area contributed by atoms with E-state index in [-0.39, 0.29) is 16.0 Å². The number of rotatable bonds is 11. The molecule has 1 aromatic carbocycles. The lowest BCUT2D eigenvalue weighted by molar-refractivity contribution is 0.264. The third-order valence-electron chi connectivity index (χ3n) is 4.74. The zero-order valence-corrected chi connectivity index (χ0v) is 21.3. The number of nitrogens with one attached hydrogen (secondary N) is 1. The van der Waals surface area contributed by atoms with Gasteiger partial charge in [0.05, 0.1) is 37.3 Å². The summed E-state index contributed by atoms with van der Waals surface area (Å²) >= 11 is 0. The lowest BCUT2D eigenvalue weighted by atomic mass is 10.2. The molecule has 28 heavy (non-hydrogen) atoms. The van der Waals surface area contributed by atoms with Gasteiger partial charge in [-0.25, -0.2) is 13.1 Å². The predicted molar refractivity (Wildman–Crippen MR) is 130 cm³/mol. The Balaban J connectivity index is 3.08. The maximum atomic E-state index is 12.8. The average molecular weight is 459 g/mol. The number of aryl methyl sites for hydroxylation is 1. The fourth-order valence-corrected chi connectivity index (χ4v) is 18.4. The molecule has 0 aromatic heterocycles. The minimum absolute atomic E-state index is 0.00550. The highest BCUT2D eigenvalue weighted by atomic mass is 32.2. The van der Waals surface area contributed by atoms with Gasteiger partial charge in [0.1, 0.15) is 0 Å². The van der Waals surface area contributed by atoms with E-state index in [0.717, 1.165) is 19.6 Å². The Kier molecular flexibility index (Phi) is 9.47. The molecule has 0 aliphatic heterocycles. The number of hydrogen-bond donors (Lipinski definition) is 1. The third kappa shape index (κ3) is 6.45. The SMILES string of the molecule is C=CCC(CO[Si](CP=C)([P+](=C)C)C(C)(C)C)NS(=O)(=O)c1ccc(C)cc1.